The molecule has 162 valence electrons. The average molecular weight is 427 g/mol. The molecular formula is C25H26N6O. The number of pyridine rings is 1. The van der Waals surface area contributed by atoms with E-state index in [2.05, 4.69) is 50.4 Å². The molecule has 7 heteroatoms. The standard InChI is InChI=1S/C25H26N6O/c1-2-23-22(13-18(1)15-31-17-26-16-29-31)20(14-28-23)6-11-30-9-4-19(5-10-30)25-21-7-12-32-24(21)3-8-27-25/h1-3,7-8,12-14,16-17,19,28H,4-6,9-11,15H2. The minimum Gasteiger partial charge on any atom is -0.464 e. The van der Waals surface area contributed by atoms with Crippen molar-refractivity contribution in [1.29, 1.82) is 0 Å². The van der Waals surface area contributed by atoms with Crippen LogP contribution in [0.25, 0.3) is 21.9 Å². The van der Waals surface area contributed by atoms with E-state index in [1.54, 1.807) is 18.9 Å². The number of furan rings is 1. The van der Waals surface area contributed by atoms with Gasteiger partial charge in [0, 0.05) is 41.1 Å². The molecule has 0 unspecified atom stereocenters. The van der Waals surface area contributed by atoms with Crippen LogP contribution in [0.3, 0.4) is 0 Å². The van der Waals surface area contributed by atoms with Gasteiger partial charge < -0.3 is 14.3 Å². The van der Waals surface area contributed by atoms with Crippen LogP contribution in [0.4, 0.5) is 0 Å². The van der Waals surface area contributed by atoms with Crippen LogP contribution in [0.5, 0.6) is 0 Å². The van der Waals surface area contributed by atoms with Crippen molar-refractivity contribution in [2.45, 2.75) is 31.7 Å². The molecule has 7 nitrogen and oxygen atoms in total. The van der Waals surface area contributed by atoms with E-state index in [1.165, 1.54) is 33.1 Å². The molecule has 0 saturated carbocycles. The van der Waals surface area contributed by atoms with Gasteiger partial charge in [-0.3, -0.25) is 4.98 Å². The average Bonchev–Trinajstić information content (AvgIpc) is 3.59. The van der Waals surface area contributed by atoms with Crippen LogP contribution in [0.2, 0.25) is 0 Å². The van der Waals surface area contributed by atoms with Crippen molar-refractivity contribution in [1.82, 2.24) is 29.6 Å². The topological polar surface area (TPSA) is 75.8 Å². The fourth-order valence-electron chi connectivity index (χ4n) is 4.98. The largest absolute Gasteiger partial charge is 0.464 e. The fraction of sp³-hybridized carbons (Fsp3) is 0.320. The number of rotatable bonds is 6. The Hall–Kier alpha value is -3.45. The molecule has 32 heavy (non-hydrogen) atoms. The summed E-state index contributed by atoms with van der Waals surface area (Å²) >= 11 is 0. The maximum Gasteiger partial charge on any atom is 0.137 e. The van der Waals surface area contributed by atoms with Crippen molar-refractivity contribution >= 4 is 21.9 Å². The van der Waals surface area contributed by atoms with E-state index in [4.69, 9.17) is 9.40 Å². The smallest absolute Gasteiger partial charge is 0.137 e. The van der Waals surface area contributed by atoms with E-state index in [0.29, 0.717) is 5.92 Å². The monoisotopic (exact) mass is 426 g/mol. The highest BCUT2D eigenvalue weighted by molar-refractivity contribution is 5.84. The maximum absolute atomic E-state index is 5.56. The Morgan fingerprint density at radius 2 is 2.03 bits per heavy atom. The summed E-state index contributed by atoms with van der Waals surface area (Å²) < 4.78 is 7.42. The Kier molecular flexibility index (Phi) is 4.96. The first-order chi connectivity index (χ1) is 15.8. The number of piperidine rings is 1. The highest BCUT2D eigenvalue weighted by atomic mass is 16.3. The molecule has 0 spiro atoms. The fourth-order valence-corrected chi connectivity index (χ4v) is 4.98. The molecule has 1 N–H and O–H groups in total. The Balaban J connectivity index is 1.10. The molecule has 5 aromatic rings. The molecule has 1 aliphatic heterocycles. The van der Waals surface area contributed by atoms with Crippen molar-refractivity contribution < 1.29 is 4.42 Å². The van der Waals surface area contributed by atoms with Crippen LogP contribution in [-0.4, -0.2) is 49.3 Å². The van der Waals surface area contributed by atoms with Gasteiger partial charge in [-0.2, -0.15) is 5.10 Å². The molecule has 1 fully saturated rings. The zero-order chi connectivity index (χ0) is 21.3. The summed E-state index contributed by atoms with van der Waals surface area (Å²) in [6, 6.07) is 10.6. The van der Waals surface area contributed by atoms with Gasteiger partial charge in [0.05, 0.1) is 18.5 Å². The highest BCUT2D eigenvalue weighted by Crippen LogP contribution is 2.32. The van der Waals surface area contributed by atoms with Gasteiger partial charge >= 0.3 is 0 Å². The molecule has 1 saturated heterocycles. The van der Waals surface area contributed by atoms with E-state index in [1.807, 2.05) is 16.9 Å². The summed E-state index contributed by atoms with van der Waals surface area (Å²) in [5.41, 5.74) is 5.96. The first-order valence-electron chi connectivity index (χ1n) is 11.3. The first kappa shape index (κ1) is 19.3. The minimum absolute atomic E-state index is 0.514. The molecule has 0 bridgehead atoms. The van der Waals surface area contributed by atoms with Crippen LogP contribution in [0.1, 0.15) is 35.6 Å². The maximum atomic E-state index is 5.56. The molecular weight excluding hydrogens is 400 g/mol. The third-order valence-electron chi connectivity index (χ3n) is 6.73. The second-order valence-electron chi connectivity index (χ2n) is 8.68. The van der Waals surface area contributed by atoms with Crippen LogP contribution in [0.15, 0.2) is 66.1 Å². The number of aromatic amines is 1. The third kappa shape index (κ3) is 3.69. The Labute approximate surface area is 186 Å². The lowest BCUT2D eigenvalue weighted by molar-refractivity contribution is 0.214. The second kappa shape index (κ2) is 8.24. The number of nitrogens with one attached hydrogen (secondary N) is 1. The molecule has 1 aromatic carbocycles. The zero-order valence-electron chi connectivity index (χ0n) is 17.9. The van der Waals surface area contributed by atoms with Crippen LogP contribution in [-0.2, 0) is 13.0 Å². The first-order valence-corrected chi connectivity index (χ1v) is 11.3. The Morgan fingerprint density at radius 1 is 1.09 bits per heavy atom. The van der Waals surface area contributed by atoms with E-state index < -0.39 is 0 Å². The van der Waals surface area contributed by atoms with Crippen LogP contribution >= 0.6 is 0 Å². The van der Waals surface area contributed by atoms with Crippen molar-refractivity contribution in [3.63, 3.8) is 0 Å². The predicted octanol–water partition coefficient (Wildman–Crippen LogP) is 4.37. The number of likely N-dealkylation sites (tertiary alicyclic amines) is 1. The highest BCUT2D eigenvalue weighted by Gasteiger charge is 2.23. The lowest BCUT2D eigenvalue weighted by Gasteiger charge is -2.31. The number of fused-ring (bicyclic) bond motifs is 2. The van der Waals surface area contributed by atoms with Gasteiger partial charge in [-0.05, 0) is 67.7 Å². The zero-order valence-corrected chi connectivity index (χ0v) is 17.9. The SMILES string of the molecule is c1cc2occc2c(C2CCN(CCc3c[nH]c4ccc(Cn5cncn5)cc34)CC2)n1. The van der Waals surface area contributed by atoms with Gasteiger partial charge in [0.25, 0.3) is 0 Å². The van der Waals surface area contributed by atoms with Gasteiger partial charge in [-0.25, -0.2) is 9.67 Å². The van der Waals surface area contributed by atoms with Gasteiger partial charge in [-0.15, -0.1) is 0 Å². The molecule has 0 amide bonds. The lowest BCUT2D eigenvalue weighted by atomic mass is 9.91. The summed E-state index contributed by atoms with van der Waals surface area (Å²) in [5, 5.41) is 6.71. The number of hydrogen-bond acceptors (Lipinski definition) is 5. The van der Waals surface area contributed by atoms with Crippen LogP contribution in [0, 0.1) is 0 Å². The summed E-state index contributed by atoms with van der Waals surface area (Å²) in [6.45, 7) is 4.04. The van der Waals surface area contributed by atoms with E-state index in [9.17, 15) is 0 Å². The van der Waals surface area contributed by atoms with Crippen molar-refractivity contribution in [2.75, 3.05) is 19.6 Å². The third-order valence-corrected chi connectivity index (χ3v) is 6.73. The van der Waals surface area contributed by atoms with Gasteiger partial charge in [0.1, 0.15) is 18.2 Å². The number of aromatic nitrogens is 5. The summed E-state index contributed by atoms with van der Waals surface area (Å²) in [5.74, 6) is 0.514. The number of hydrogen-bond donors (Lipinski definition) is 1. The van der Waals surface area contributed by atoms with Gasteiger partial charge in [0.15, 0.2) is 0 Å². The lowest BCUT2D eigenvalue weighted by Crippen LogP contribution is -2.34. The molecule has 0 atom stereocenters. The van der Waals surface area contributed by atoms with Gasteiger partial charge in [-0.1, -0.05) is 6.07 Å². The summed E-state index contributed by atoms with van der Waals surface area (Å²) in [7, 11) is 0. The Morgan fingerprint density at radius 3 is 2.91 bits per heavy atom. The Bertz CT molecular complexity index is 1330. The van der Waals surface area contributed by atoms with Crippen molar-refractivity contribution in [3.8, 4) is 0 Å². The predicted molar refractivity (Wildman–Crippen MR) is 124 cm³/mol. The molecule has 5 heterocycles. The summed E-state index contributed by atoms with van der Waals surface area (Å²) in [4.78, 5) is 14.8. The molecule has 6 rings (SSSR count). The van der Waals surface area contributed by atoms with Crippen LogP contribution < -0.4 is 0 Å². The van der Waals surface area contributed by atoms with E-state index in [0.717, 1.165) is 51.0 Å². The molecule has 1 aliphatic rings. The molecule has 0 radical (unpaired) electrons. The van der Waals surface area contributed by atoms with E-state index >= 15 is 0 Å². The minimum atomic E-state index is 0.514. The number of benzene rings is 1. The molecule has 0 aliphatic carbocycles. The van der Waals surface area contributed by atoms with E-state index in [-0.39, 0.29) is 0 Å². The number of nitrogens with zero attached hydrogens (tertiary/aromatic N) is 5. The quantitative estimate of drug-likeness (QED) is 0.436. The number of H-pyrrole nitrogens is 1. The molecule has 4 aromatic heterocycles. The second-order valence-corrected chi connectivity index (χ2v) is 8.68. The summed E-state index contributed by atoms with van der Waals surface area (Å²) in [6.07, 6.45) is 12.5. The normalized spacial score (nSPS) is 15.8. The van der Waals surface area contributed by atoms with Crippen molar-refractivity contribution in [2.24, 2.45) is 0 Å². The van der Waals surface area contributed by atoms with Gasteiger partial charge in [0.2, 0.25) is 0 Å². The van der Waals surface area contributed by atoms with Crippen molar-refractivity contribution in [3.05, 3.63) is 78.5 Å².